The highest BCUT2D eigenvalue weighted by molar-refractivity contribution is 7.09. The Morgan fingerprint density at radius 3 is 2.95 bits per heavy atom. The van der Waals surface area contributed by atoms with E-state index in [1.807, 2.05) is 6.07 Å². The predicted octanol–water partition coefficient (Wildman–Crippen LogP) is 1.68. The van der Waals surface area contributed by atoms with Crippen LogP contribution in [0.5, 0.6) is 0 Å². The molecule has 2 N–H and O–H groups in total. The third-order valence-corrected chi connectivity index (χ3v) is 3.24. The SMILES string of the molecule is O=C(CCc1ccco1)NCc1nc(C(=O)O)cs1. The summed E-state index contributed by atoms with van der Waals surface area (Å²) in [5, 5.41) is 13.4. The van der Waals surface area contributed by atoms with Gasteiger partial charge in [-0.15, -0.1) is 11.3 Å². The summed E-state index contributed by atoms with van der Waals surface area (Å²) in [5.74, 6) is -0.423. The summed E-state index contributed by atoms with van der Waals surface area (Å²) in [6.07, 6.45) is 2.43. The fourth-order valence-electron chi connectivity index (χ4n) is 1.44. The van der Waals surface area contributed by atoms with Gasteiger partial charge < -0.3 is 14.8 Å². The lowest BCUT2D eigenvalue weighted by Crippen LogP contribution is -2.22. The second-order valence-corrected chi connectivity index (χ2v) is 4.73. The molecule has 0 saturated heterocycles. The van der Waals surface area contributed by atoms with Crippen LogP contribution in [0.4, 0.5) is 0 Å². The quantitative estimate of drug-likeness (QED) is 0.840. The van der Waals surface area contributed by atoms with E-state index in [-0.39, 0.29) is 18.1 Å². The normalized spacial score (nSPS) is 10.3. The van der Waals surface area contributed by atoms with Crippen molar-refractivity contribution in [3.8, 4) is 0 Å². The molecule has 0 spiro atoms. The first kappa shape index (κ1) is 13.3. The average Bonchev–Trinajstić information content (AvgIpc) is 3.05. The van der Waals surface area contributed by atoms with Gasteiger partial charge >= 0.3 is 5.97 Å². The van der Waals surface area contributed by atoms with Crippen molar-refractivity contribution in [2.45, 2.75) is 19.4 Å². The standard InChI is InChI=1S/C12H12N2O4S/c15-10(4-3-8-2-1-5-18-8)13-6-11-14-9(7-19-11)12(16)17/h1-2,5,7H,3-4,6H2,(H,13,15)(H,16,17). The van der Waals surface area contributed by atoms with Crippen LogP contribution in [0.2, 0.25) is 0 Å². The van der Waals surface area contributed by atoms with Gasteiger partial charge in [0, 0.05) is 18.2 Å². The molecule has 2 rings (SSSR count). The smallest absolute Gasteiger partial charge is 0.355 e. The van der Waals surface area contributed by atoms with E-state index >= 15 is 0 Å². The van der Waals surface area contributed by atoms with Gasteiger partial charge in [-0.3, -0.25) is 4.79 Å². The van der Waals surface area contributed by atoms with Crippen molar-refractivity contribution in [3.05, 3.63) is 40.2 Å². The summed E-state index contributed by atoms with van der Waals surface area (Å²) in [6, 6.07) is 3.59. The highest BCUT2D eigenvalue weighted by Gasteiger charge is 2.09. The maximum Gasteiger partial charge on any atom is 0.355 e. The van der Waals surface area contributed by atoms with Crippen molar-refractivity contribution < 1.29 is 19.1 Å². The molecule has 0 saturated carbocycles. The maximum atomic E-state index is 11.6. The Hall–Kier alpha value is -2.15. The minimum atomic E-state index is -1.06. The molecule has 19 heavy (non-hydrogen) atoms. The van der Waals surface area contributed by atoms with Gasteiger partial charge in [0.25, 0.3) is 0 Å². The number of thiazole rings is 1. The van der Waals surface area contributed by atoms with Gasteiger partial charge in [-0.05, 0) is 12.1 Å². The molecule has 0 fully saturated rings. The zero-order valence-corrected chi connectivity index (χ0v) is 10.8. The number of furan rings is 1. The molecular formula is C12H12N2O4S. The molecule has 0 aromatic carbocycles. The fraction of sp³-hybridized carbons (Fsp3) is 0.250. The summed E-state index contributed by atoms with van der Waals surface area (Å²) in [5.41, 5.74) is 0.00448. The van der Waals surface area contributed by atoms with Crippen molar-refractivity contribution in [2.75, 3.05) is 0 Å². The van der Waals surface area contributed by atoms with Crippen LogP contribution in [-0.2, 0) is 17.8 Å². The Morgan fingerprint density at radius 2 is 2.32 bits per heavy atom. The van der Waals surface area contributed by atoms with Crippen LogP contribution in [-0.4, -0.2) is 22.0 Å². The predicted molar refractivity (Wildman–Crippen MR) is 67.9 cm³/mol. The number of carboxylic acids is 1. The largest absolute Gasteiger partial charge is 0.476 e. The Balaban J connectivity index is 1.75. The van der Waals surface area contributed by atoms with Crippen LogP contribution in [0, 0.1) is 0 Å². The lowest BCUT2D eigenvalue weighted by atomic mass is 10.2. The fourth-order valence-corrected chi connectivity index (χ4v) is 2.15. The number of aryl methyl sites for hydroxylation is 1. The van der Waals surface area contributed by atoms with Gasteiger partial charge in [-0.2, -0.15) is 0 Å². The summed E-state index contributed by atoms with van der Waals surface area (Å²) < 4.78 is 5.12. The molecule has 100 valence electrons. The van der Waals surface area contributed by atoms with E-state index in [0.717, 1.165) is 5.76 Å². The van der Waals surface area contributed by atoms with Crippen LogP contribution in [0.1, 0.15) is 27.7 Å². The maximum absolute atomic E-state index is 11.6. The van der Waals surface area contributed by atoms with Gasteiger partial charge in [0.1, 0.15) is 10.8 Å². The molecule has 7 heteroatoms. The number of carbonyl (C=O) groups excluding carboxylic acids is 1. The Morgan fingerprint density at radius 1 is 1.47 bits per heavy atom. The van der Waals surface area contributed by atoms with Crippen molar-refractivity contribution >= 4 is 23.2 Å². The zero-order chi connectivity index (χ0) is 13.7. The van der Waals surface area contributed by atoms with Crippen LogP contribution in [0.25, 0.3) is 0 Å². The molecule has 0 aliphatic carbocycles. The molecule has 0 bridgehead atoms. The molecule has 0 radical (unpaired) electrons. The topological polar surface area (TPSA) is 92.4 Å². The van der Waals surface area contributed by atoms with E-state index in [1.165, 1.54) is 16.7 Å². The third kappa shape index (κ3) is 3.92. The number of nitrogens with one attached hydrogen (secondary N) is 1. The molecule has 2 heterocycles. The molecule has 1 amide bonds. The molecule has 0 aliphatic rings. The molecule has 0 aliphatic heterocycles. The minimum absolute atomic E-state index is 0.00448. The second kappa shape index (κ2) is 6.14. The first-order valence-electron chi connectivity index (χ1n) is 5.62. The molecule has 2 aromatic heterocycles. The number of aromatic nitrogens is 1. The van der Waals surface area contributed by atoms with Crippen molar-refractivity contribution in [1.29, 1.82) is 0 Å². The van der Waals surface area contributed by atoms with Gasteiger partial charge in [0.05, 0.1) is 12.8 Å². The summed E-state index contributed by atoms with van der Waals surface area (Å²) in [4.78, 5) is 26.1. The van der Waals surface area contributed by atoms with E-state index in [1.54, 1.807) is 12.3 Å². The van der Waals surface area contributed by atoms with Gasteiger partial charge in [0.2, 0.25) is 5.91 Å². The van der Waals surface area contributed by atoms with E-state index in [9.17, 15) is 9.59 Å². The average molecular weight is 280 g/mol. The highest BCUT2D eigenvalue weighted by Crippen LogP contribution is 2.09. The zero-order valence-electron chi connectivity index (χ0n) is 9.96. The Kier molecular flexibility index (Phi) is 4.30. The Labute approximate surface area is 113 Å². The number of nitrogens with zero attached hydrogens (tertiary/aromatic N) is 1. The monoisotopic (exact) mass is 280 g/mol. The molecule has 6 nitrogen and oxygen atoms in total. The van der Waals surface area contributed by atoms with E-state index in [0.29, 0.717) is 17.8 Å². The van der Waals surface area contributed by atoms with E-state index < -0.39 is 5.97 Å². The first-order valence-corrected chi connectivity index (χ1v) is 6.50. The second-order valence-electron chi connectivity index (χ2n) is 3.79. The number of aromatic carboxylic acids is 1. The van der Waals surface area contributed by atoms with Crippen LogP contribution in [0.3, 0.4) is 0 Å². The summed E-state index contributed by atoms with van der Waals surface area (Å²) >= 11 is 1.21. The van der Waals surface area contributed by atoms with Crippen LogP contribution in [0.15, 0.2) is 28.2 Å². The van der Waals surface area contributed by atoms with Crippen molar-refractivity contribution in [2.24, 2.45) is 0 Å². The number of hydrogen-bond donors (Lipinski definition) is 2. The number of carbonyl (C=O) groups is 2. The van der Waals surface area contributed by atoms with Gasteiger partial charge in [-0.1, -0.05) is 0 Å². The minimum Gasteiger partial charge on any atom is -0.476 e. The highest BCUT2D eigenvalue weighted by atomic mass is 32.1. The number of amides is 1. The first-order chi connectivity index (χ1) is 9.15. The lowest BCUT2D eigenvalue weighted by molar-refractivity contribution is -0.121. The van der Waals surface area contributed by atoms with Crippen molar-refractivity contribution in [3.63, 3.8) is 0 Å². The van der Waals surface area contributed by atoms with Crippen LogP contribution < -0.4 is 5.32 Å². The van der Waals surface area contributed by atoms with Crippen molar-refractivity contribution in [1.82, 2.24) is 10.3 Å². The Bertz CT molecular complexity index is 562. The van der Waals surface area contributed by atoms with E-state index in [2.05, 4.69) is 10.3 Å². The molecule has 0 atom stereocenters. The third-order valence-electron chi connectivity index (χ3n) is 2.39. The number of hydrogen-bond acceptors (Lipinski definition) is 5. The van der Waals surface area contributed by atoms with Gasteiger partial charge in [0.15, 0.2) is 5.69 Å². The van der Waals surface area contributed by atoms with Crippen LogP contribution >= 0.6 is 11.3 Å². The number of rotatable bonds is 6. The summed E-state index contributed by atoms with van der Waals surface area (Å²) in [6.45, 7) is 0.245. The number of carboxylic acid groups (broad SMARTS) is 1. The lowest BCUT2D eigenvalue weighted by Gasteiger charge is -2.01. The molecule has 0 unspecified atom stereocenters. The van der Waals surface area contributed by atoms with Gasteiger partial charge in [-0.25, -0.2) is 9.78 Å². The molecular weight excluding hydrogens is 268 g/mol. The molecule has 2 aromatic rings. The summed E-state index contributed by atoms with van der Waals surface area (Å²) in [7, 11) is 0. The van der Waals surface area contributed by atoms with E-state index in [4.69, 9.17) is 9.52 Å².